The summed E-state index contributed by atoms with van der Waals surface area (Å²) in [6, 6.07) is 7.61. The smallest absolute Gasteiger partial charge is 0.255 e. The van der Waals surface area contributed by atoms with Gasteiger partial charge in [-0.3, -0.25) is 9.78 Å². The van der Waals surface area contributed by atoms with E-state index in [-0.39, 0.29) is 12.0 Å². The Balaban J connectivity index is 1.76. The molecule has 1 saturated heterocycles. The number of nitrogens with zero attached hydrogens (tertiary/aromatic N) is 3. The molecule has 2 aromatic heterocycles. The highest BCUT2D eigenvalue weighted by molar-refractivity contribution is 5.94. The Hall–Kier alpha value is -2.47. The number of carbonyl (C=O) groups excluding carboxylic acids is 1. The van der Waals surface area contributed by atoms with Crippen molar-refractivity contribution in [3.05, 3.63) is 53.5 Å². The average molecular weight is 312 g/mol. The number of hydrogen-bond donors (Lipinski definition) is 1. The van der Waals surface area contributed by atoms with Gasteiger partial charge in [0.1, 0.15) is 11.9 Å². The maximum Gasteiger partial charge on any atom is 0.255 e. The maximum atomic E-state index is 12.6. The summed E-state index contributed by atoms with van der Waals surface area (Å²) in [4.78, 5) is 23.1. The fraction of sp³-hybridized carbons (Fsp3) is 0.353. The van der Waals surface area contributed by atoms with Crippen LogP contribution < -0.4 is 5.32 Å². The zero-order valence-electron chi connectivity index (χ0n) is 13.3. The highest BCUT2D eigenvalue weighted by Gasteiger charge is 2.27. The van der Waals surface area contributed by atoms with Crippen LogP contribution >= 0.6 is 0 Å². The number of nitrogens with one attached hydrogen (secondary N) is 1. The molecule has 1 unspecified atom stereocenters. The molecule has 0 radical (unpaired) electrons. The van der Waals surface area contributed by atoms with Crippen molar-refractivity contribution >= 4 is 11.7 Å². The third-order valence-electron chi connectivity index (χ3n) is 3.83. The quantitative estimate of drug-likeness (QED) is 0.939. The minimum absolute atomic E-state index is 0.0146. The highest BCUT2D eigenvalue weighted by Crippen LogP contribution is 2.23. The second kappa shape index (κ2) is 6.75. The SMILES string of the molecule is CNc1cccc(C2CN(C(=O)c3cncc(C)c3)CCO2)n1. The summed E-state index contributed by atoms with van der Waals surface area (Å²) in [5.41, 5.74) is 2.42. The number of aromatic nitrogens is 2. The molecule has 1 amide bonds. The molecule has 120 valence electrons. The van der Waals surface area contributed by atoms with Gasteiger partial charge in [-0.1, -0.05) is 6.07 Å². The average Bonchev–Trinajstić information content (AvgIpc) is 2.61. The predicted molar refractivity (Wildman–Crippen MR) is 87.4 cm³/mol. The van der Waals surface area contributed by atoms with E-state index in [9.17, 15) is 4.79 Å². The third kappa shape index (κ3) is 3.48. The summed E-state index contributed by atoms with van der Waals surface area (Å²) < 4.78 is 5.80. The Morgan fingerprint density at radius 2 is 2.26 bits per heavy atom. The number of rotatable bonds is 3. The number of carbonyl (C=O) groups is 1. The lowest BCUT2D eigenvalue weighted by Crippen LogP contribution is -2.42. The summed E-state index contributed by atoms with van der Waals surface area (Å²) >= 11 is 0. The molecule has 1 aliphatic rings. The largest absolute Gasteiger partial charge is 0.373 e. The summed E-state index contributed by atoms with van der Waals surface area (Å²) in [6.07, 6.45) is 3.14. The van der Waals surface area contributed by atoms with E-state index in [1.807, 2.05) is 38.2 Å². The van der Waals surface area contributed by atoms with Crippen LogP contribution in [0.25, 0.3) is 0 Å². The lowest BCUT2D eigenvalue weighted by molar-refractivity contribution is -0.0246. The van der Waals surface area contributed by atoms with Crippen molar-refractivity contribution in [2.24, 2.45) is 0 Å². The Labute approximate surface area is 135 Å². The van der Waals surface area contributed by atoms with Gasteiger partial charge >= 0.3 is 0 Å². The summed E-state index contributed by atoms with van der Waals surface area (Å²) in [7, 11) is 1.83. The number of anilines is 1. The number of hydrogen-bond acceptors (Lipinski definition) is 5. The van der Waals surface area contributed by atoms with Gasteiger partial charge in [0.2, 0.25) is 0 Å². The molecule has 0 aliphatic carbocycles. The van der Waals surface area contributed by atoms with Crippen molar-refractivity contribution < 1.29 is 9.53 Å². The van der Waals surface area contributed by atoms with E-state index in [0.717, 1.165) is 17.1 Å². The van der Waals surface area contributed by atoms with E-state index in [1.54, 1.807) is 17.3 Å². The van der Waals surface area contributed by atoms with Crippen molar-refractivity contribution in [2.45, 2.75) is 13.0 Å². The van der Waals surface area contributed by atoms with Crippen LogP contribution in [0.1, 0.15) is 27.7 Å². The Morgan fingerprint density at radius 3 is 3.04 bits per heavy atom. The summed E-state index contributed by atoms with van der Waals surface area (Å²) in [5, 5.41) is 3.02. The van der Waals surface area contributed by atoms with Gasteiger partial charge in [-0.05, 0) is 30.7 Å². The second-order valence-electron chi connectivity index (χ2n) is 5.56. The Morgan fingerprint density at radius 1 is 1.39 bits per heavy atom. The second-order valence-corrected chi connectivity index (χ2v) is 5.56. The van der Waals surface area contributed by atoms with Gasteiger partial charge in [0.05, 0.1) is 24.4 Å². The van der Waals surface area contributed by atoms with Crippen LogP contribution in [-0.2, 0) is 4.74 Å². The highest BCUT2D eigenvalue weighted by atomic mass is 16.5. The van der Waals surface area contributed by atoms with Gasteiger partial charge in [-0.15, -0.1) is 0 Å². The topological polar surface area (TPSA) is 67.4 Å². The molecule has 2 aromatic rings. The molecular formula is C17H20N4O2. The van der Waals surface area contributed by atoms with E-state index < -0.39 is 0 Å². The van der Waals surface area contributed by atoms with Crippen LogP contribution in [0.4, 0.5) is 5.82 Å². The molecule has 0 saturated carbocycles. The predicted octanol–water partition coefficient (Wildman–Crippen LogP) is 2.04. The lowest BCUT2D eigenvalue weighted by Gasteiger charge is -2.32. The van der Waals surface area contributed by atoms with E-state index in [1.165, 1.54) is 0 Å². The first-order valence-corrected chi connectivity index (χ1v) is 7.64. The monoisotopic (exact) mass is 312 g/mol. The van der Waals surface area contributed by atoms with Crippen LogP contribution in [0.15, 0.2) is 36.7 Å². The molecule has 1 N–H and O–H groups in total. The molecule has 3 heterocycles. The molecule has 1 fully saturated rings. The molecule has 6 nitrogen and oxygen atoms in total. The van der Waals surface area contributed by atoms with E-state index in [2.05, 4.69) is 15.3 Å². The molecule has 6 heteroatoms. The first-order valence-electron chi connectivity index (χ1n) is 7.64. The zero-order valence-corrected chi connectivity index (χ0v) is 13.3. The van der Waals surface area contributed by atoms with Gasteiger partial charge in [-0.2, -0.15) is 0 Å². The van der Waals surface area contributed by atoms with Crippen LogP contribution in [0.3, 0.4) is 0 Å². The fourth-order valence-electron chi connectivity index (χ4n) is 2.64. The number of morpholine rings is 1. The van der Waals surface area contributed by atoms with Gasteiger partial charge < -0.3 is 15.0 Å². The first-order chi connectivity index (χ1) is 11.2. The maximum absolute atomic E-state index is 12.6. The molecule has 3 rings (SSSR count). The normalized spacial score (nSPS) is 17.8. The standard InChI is InChI=1S/C17H20N4O2/c1-12-8-13(10-19-9-12)17(22)21-6-7-23-15(11-21)14-4-3-5-16(18-2)20-14/h3-5,8-10,15H,6-7,11H2,1-2H3,(H,18,20). The molecule has 1 atom stereocenters. The van der Waals surface area contributed by atoms with Gasteiger partial charge in [0.15, 0.2) is 0 Å². The molecular weight excluding hydrogens is 292 g/mol. The minimum Gasteiger partial charge on any atom is -0.373 e. The Kier molecular flexibility index (Phi) is 4.52. The van der Waals surface area contributed by atoms with Crippen molar-refractivity contribution in [2.75, 3.05) is 32.1 Å². The third-order valence-corrected chi connectivity index (χ3v) is 3.83. The van der Waals surface area contributed by atoms with E-state index >= 15 is 0 Å². The molecule has 0 spiro atoms. The van der Waals surface area contributed by atoms with Gasteiger partial charge in [0.25, 0.3) is 5.91 Å². The number of amides is 1. The first kappa shape index (κ1) is 15.4. The number of ether oxygens (including phenoxy) is 1. The summed E-state index contributed by atoms with van der Waals surface area (Å²) in [5.74, 6) is 0.775. The summed E-state index contributed by atoms with van der Waals surface area (Å²) in [6.45, 7) is 3.50. The molecule has 0 bridgehead atoms. The van der Waals surface area contributed by atoms with Crippen LogP contribution in [0.2, 0.25) is 0 Å². The molecule has 0 aromatic carbocycles. The van der Waals surface area contributed by atoms with E-state index in [0.29, 0.717) is 25.3 Å². The van der Waals surface area contributed by atoms with Crippen LogP contribution in [-0.4, -0.2) is 47.5 Å². The Bertz CT molecular complexity index is 704. The van der Waals surface area contributed by atoms with Crippen molar-refractivity contribution in [3.63, 3.8) is 0 Å². The van der Waals surface area contributed by atoms with Crippen molar-refractivity contribution in [3.8, 4) is 0 Å². The molecule has 23 heavy (non-hydrogen) atoms. The number of pyridine rings is 2. The van der Waals surface area contributed by atoms with Crippen molar-refractivity contribution in [1.29, 1.82) is 0 Å². The van der Waals surface area contributed by atoms with Crippen molar-refractivity contribution in [1.82, 2.24) is 14.9 Å². The van der Waals surface area contributed by atoms with Gasteiger partial charge in [-0.25, -0.2) is 4.98 Å². The van der Waals surface area contributed by atoms with E-state index in [4.69, 9.17) is 4.74 Å². The fourth-order valence-corrected chi connectivity index (χ4v) is 2.64. The molecule has 1 aliphatic heterocycles. The van der Waals surface area contributed by atoms with Gasteiger partial charge in [0, 0.05) is 26.0 Å². The van der Waals surface area contributed by atoms with Crippen LogP contribution in [0.5, 0.6) is 0 Å². The lowest BCUT2D eigenvalue weighted by atomic mass is 10.1. The van der Waals surface area contributed by atoms with Crippen LogP contribution in [0, 0.1) is 6.92 Å². The minimum atomic E-state index is -0.209. The number of aryl methyl sites for hydroxylation is 1. The zero-order chi connectivity index (χ0) is 16.2.